The van der Waals surface area contributed by atoms with Gasteiger partial charge < -0.3 is 0 Å². The summed E-state index contributed by atoms with van der Waals surface area (Å²) in [6.45, 7) is 0.352. The molecule has 1 aromatic carbocycles. The van der Waals surface area contributed by atoms with E-state index in [1.807, 2.05) is 36.5 Å². The Morgan fingerprint density at radius 3 is 2.70 bits per heavy atom. The molecule has 2 aromatic heterocycles. The van der Waals surface area contributed by atoms with Crippen molar-refractivity contribution in [3.8, 4) is 11.8 Å². The van der Waals surface area contributed by atoms with Crippen molar-refractivity contribution in [1.29, 1.82) is 5.26 Å². The zero-order chi connectivity index (χ0) is 16.2. The second kappa shape index (κ2) is 6.15. The van der Waals surface area contributed by atoms with E-state index in [9.17, 15) is 9.59 Å². The second-order valence-corrected chi connectivity index (χ2v) is 4.99. The van der Waals surface area contributed by atoms with E-state index in [-0.39, 0.29) is 5.56 Å². The van der Waals surface area contributed by atoms with Crippen LogP contribution in [0.1, 0.15) is 11.1 Å². The van der Waals surface area contributed by atoms with Gasteiger partial charge in [0.2, 0.25) is 0 Å². The van der Waals surface area contributed by atoms with Crippen LogP contribution in [0.2, 0.25) is 0 Å². The molecule has 0 saturated heterocycles. The molecule has 3 aromatic rings. The van der Waals surface area contributed by atoms with Crippen LogP contribution in [-0.2, 0) is 13.0 Å². The van der Waals surface area contributed by atoms with E-state index in [2.05, 4.69) is 10.1 Å². The maximum Gasteiger partial charge on any atom is 0.328 e. The molecular formula is C16H13N5O2. The first kappa shape index (κ1) is 14.5. The summed E-state index contributed by atoms with van der Waals surface area (Å²) in [6, 6.07) is 11.5. The molecule has 114 valence electrons. The highest BCUT2D eigenvalue weighted by Gasteiger charge is 2.05. The van der Waals surface area contributed by atoms with Gasteiger partial charge >= 0.3 is 5.69 Å². The van der Waals surface area contributed by atoms with Crippen LogP contribution in [0.3, 0.4) is 0 Å². The minimum atomic E-state index is -0.661. The fraction of sp³-hybridized carbons (Fsp3) is 0.125. The molecule has 2 heterocycles. The molecule has 0 aliphatic rings. The maximum atomic E-state index is 11.7. The Morgan fingerprint density at radius 2 is 1.96 bits per heavy atom. The molecule has 7 heteroatoms. The molecule has 0 amide bonds. The molecule has 7 nitrogen and oxygen atoms in total. The smallest absolute Gasteiger partial charge is 0.299 e. The number of nitrogens with one attached hydrogen (secondary N) is 1. The number of hydrogen-bond acceptors (Lipinski definition) is 4. The van der Waals surface area contributed by atoms with Crippen LogP contribution < -0.4 is 11.2 Å². The van der Waals surface area contributed by atoms with Crippen LogP contribution in [0.15, 0.2) is 58.5 Å². The lowest BCUT2D eigenvalue weighted by Crippen LogP contribution is -2.31. The van der Waals surface area contributed by atoms with Crippen LogP contribution in [0.5, 0.6) is 0 Å². The first-order chi connectivity index (χ1) is 11.2. The zero-order valence-electron chi connectivity index (χ0n) is 12.1. The van der Waals surface area contributed by atoms with E-state index in [4.69, 9.17) is 5.26 Å². The monoisotopic (exact) mass is 307 g/mol. The molecule has 0 atom stereocenters. The highest BCUT2D eigenvalue weighted by Crippen LogP contribution is 2.08. The Labute approximate surface area is 131 Å². The lowest BCUT2D eigenvalue weighted by atomic mass is 10.2. The maximum absolute atomic E-state index is 11.7. The average molecular weight is 307 g/mol. The Bertz CT molecular complexity index is 976. The highest BCUT2D eigenvalue weighted by molar-refractivity contribution is 5.31. The van der Waals surface area contributed by atoms with Gasteiger partial charge in [-0.1, -0.05) is 18.2 Å². The van der Waals surface area contributed by atoms with E-state index in [1.54, 1.807) is 16.9 Å². The van der Waals surface area contributed by atoms with Gasteiger partial charge in [0.05, 0.1) is 11.9 Å². The van der Waals surface area contributed by atoms with Crippen LogP contribution in [0.4, 0.5) is 0 Å². The van der Waals surface area contributed by atoms with E-state index in [0.29, 0.717) is 13.0 Å². The number of nitrogens with zero attached hydrogens (tertiary/aromatic N) is 4. The first-order valence-electron chi connectivity index (χ1n) is 7.00. The molecule has 0 saturated carbocycles. The van der Waals surface area contributed by atoms with E-state index in [0.717, 1.165) is 11.3 Å². The SMILES string of the molecule is N#Cc1cn(CCc2cnn(-c3ccccc3)c2)c(=O)[nH]c1=O. The van der Waals surface area contributed by atoms with Gasteiger partial charge in [0, 0.05) is 18.9 Å². The van der Waals surface area contributed by atoms with Crippen LogP contribution >= 0.6 is 0 Å². The standard InChI is InChI=1S/C16H13N5O2/c17-8-13-11-20(16(23)19-15(13)22)7-6-12-9-18-21(10-12)14-4-2-1-3-5-14/h1-5,9-11H,6-7H2,(H,19,22,23). The predicted molar refractivity (Wildman–Crippen MR) is 83.3 cm³/mol. The molecule has 0 aliphatic carbocycles. The number of nitriles is 1. The highest BCUT2D eigenvalue weighted by atomic mass is 16.2. The van der Waals surface area contributed by atoms with Gasteiger partial charge in [0.15, 0.2) is 0 Å². The number of para-hydroxylation sites is 1. The Kier molecular flexibility index (Phi) is 3.89. The van der Waals surface area contributed by atoms with Crippen molar-refractivity contribution in [3.63, 3.8) is 0 Å². The van der Waals surface area contributed by atoms with Gasteiger partial charge in [-0.3, -0.25) is 14.3 Å². The van der Waals surface area contributed by atoms with E-state index in [1.165, 1.54) is 10.8 Å². The summed E-state index contributed by atoms with van der Waals surface area (Å²) in [4.78, 5) is 25.2. The summed E-state index contributed by atoms with van der Waals surface area (Å²) in [5.41, 5.74) is 0.636. The van der Waals surface area contributed by atoms with Gasteiger partial charge in [-0.2, -0.15) is 10.4 Å². The molecule has 3 rings (SSSR count). The van der Waals surface area contributed by atoms with Crippen molar-refractivity contribution in [2.24, 2.45) is 0 Å². The average Bonchev–Trinajstić information content (AvgIpc) is 3.04. The largest absolute Gasteiger partial charge is 0.328 e. The van der Waals surface area contributed by atoms with Crippen LogP contribution in [-0.4, -0.2) is 19.3 Å². The van der Waals surface area contributed by atoms with Crippen molar-refractivity contribution >= 4 is 0 Å². The molecule has 23 heavy (non-hydrogen) atoms. The fourth-order valence-electron chi connectivity index (χ4n) is 2.22. The quantitative estimate of drug-likeness (QED) is 0.772. The zero-order valence-corrected chi connectivity index (χ0v) is 12.1. The normalized spacial score (nSPS) is 10.4. The van der Waals surface area contributed by atoms with Crippen molar-refractivity contribution in [1.82, 2.24) is 19.3 Å². The molecule has 0 aliphatic heterocycles. The van der Waals surface area contributed by atoms with Gasteiger partial charge in [-0.05, 0) is 24.1 Å². The lowest BCUT2D eigenvalue weighted by molar-refractivity contribution is 0.643. The first-order valence-corrected chi connectivity index (χ1v) is 7.00. The van der Waals surface area contributed by atoms with E-state index < -0.39 is 11.2 Å². The summed E-state index contributed by atoms with van der Waals surface area (Å²) < 4.78 is 3.07. The minimum Gasteiger partial charge on any atom is -0.299 e. The third-order valence-electron chi connectivity index (χ3n) is 3.43. The molecule has 0 unspecified atom stereocenters. The van der Waals surface area contributed by atoms with Gasteiger partial charge in [0.1, 0.15) is 11.6 Å². The van der Waals surface area contributed by atoms with Crippen LogP contribution in [0, 0.1) is 11.3 Å². The molecule has 0 spiro atoms. The number of rotatable bonds is 4. The number of aromatic amines is 1. The third-order valence-corrected chi connectivity index (χ3v) is 3.43. The Morgan fingerprint density at radius 1 is 1.17 bits per heavy atom. The molecule has 0 bridgehead atoms. The van der Waals surface area contributed by atoms with Crippen molar-refractivity contribution < 1.29 is 0 Å². The Hall–Kier alpha value is -3.40. The van der Waals surface area contributed by atoms with Gasteiger partial charge in [-0.15, -0.1) is 0 Å². The predicted octanol–water partition coefficient (Wildman–Crippen LogP) is 0.837. The lowest BCUT2D eigenvalue weighted by Gasteiger charge is -2.03. The number of benzene rings is 1. The fourth-order valence-corrected chi connectivity index (χ4v) is 2.22. The summed E-state index contributed by atoms with van der Waals surface area (Å²) in [5, 5.41) is 13.1. The third kappa shape index (κ3) is 3.11. The second-order valence-electron chi connectivity index (χ2n) is 4.99. The topological polar surface area (TPSA) is 96.5 Å². The van der Waals surface area contributed by atoms with Crippen molar-refractivity contribution in [2.75, 3.05) is 0 Å². The summed E-state index contributed by atoms with van der Waals surface area (Å²) in [7, 11) is 0. The van der Waals surface area contributed by atoms with Gasteiger partial charge in [-0.25, -0.2) is 9.48 Å². The number of aryl methyl sites for hydroxylation is 2. The van der Waals surface area contributed by atoms with E-state index >= 15 is 0 Å². The summed E-state index contributed by atoms with van der Waals surface area (Å²) >= 11 is 0. The van der Waals surface area contributed by atoms with Crippen LogP contribution in [0.25, 0.3) is 5.69 Å². The molecule has 0 fully saturated rings. The number of H-pyrrole nitrogens is 1. The van der Waals surface area contributed by atoms with Crippen molar-refractivity contribution in [2.45, 2.75) is 13.0 Å². The van der Waals surface area contributed by atoms with Gasteiger partial charge in [0.25, 0.3) is 5.56 Å². The summed E-state index contributed by atoms with van der Waals surface area (Å²) in [6.07, 6.45) is 5.46. The minimum absolute atomic E-state index is 0.0791. The number of aromatic nitrogens is 4. The summed E-state index contributed by atoms with van der Waals surface area (Å²) in [5.74, 6) is 0. The molecule has 1 N–H and O–H groups in total. The molecular weight excluding hydrogens is 294 g/mol. The molecule has 0 radical (unpaired) electrons. The van der Waals surface area contributed by atoms with Crippen molar-refractivity contribution in [3.05, 3.63) is 80.9 Å². The number of hydrogen-bond donors (Lipinski definition) is 1. The Balaban J connectivity index is 1.78.